The van der Waals surface area contributed by atoms with Crippen molar-refractivity contribution in [3.8, 4) is 0 Å². The van der Waals surface area contributed by atoms with Crippen LogP contribution in [0.25, 0.3) is 11.2 Å². The number of hydrogen-bond acceptors (Lipinski definition) is 6. The molecule has 0 bridgehead atoms. The zero-order chi connectivity index (χ0) is 11.5. The number of rotatable bonds is 4. The minimum atomic E-state index is -0.354. The van der Waals surface area contributed by atoms with E-state index in [1.165, 1.54) is 10.8 Å². The molecule has 0 radical (unpaired) electrons. The summed E-state index contributed by atoms with van der Waals surface area (Å²) in [5.74, 6) is 0.0856. The van der Waals surface area contributed by atoms with Gasteiger partial charge in [-0.2, -0.15) is 4.98 Å². The number of nitrogens with two attached hydrogens (primary N) is 1. The maximum atomic E-state index is 11.5. The minimum Gasteiger partial charge on any atom is -0.394 e. The van der Waals surface area contributed by atoms with E-state index in [1.54, 1.807) is 0 Å². The molecule has 0 aliphatic carbocycles. The Labute approximate surface area is 89.7 Å². The lowest BCUT2D eigenvalue weighted by Gasteiger charge is -2.02. The second-order valence-electron chi connectivity index (χ2n) is 3.08. The van der Waals surface area contributed by atoms with E-state index in [9.17, 15) is 4.79 Å². The summed E-state index contributed by atoms with van der Waals surface area (Å²) in [5, 5.41) is 8.56. The first-order valence-electron chi connectivity index (χ1n) is 4.62. The molecule has 2 heterocycles. The first kappa shape index (κ1) is 10.6. The lowest BCUT2D eigenvalue weighted by molar-refractivity contribution is 0.0484. The first-order valence-corrected chi connectivity index (χ1v) is 4.62. The quantitative estimate of drug-likeness (QED) is 0.554. The number of ether oxygens (including phenoxy) is 1. The van der Waals surface area contributed by atoms with Gasteiger partial charge in [0, 0.05) is 0 Å². The van der Waals surface area contributed by atoms with E-state index in [0.717, 1.165) is 0 Å². The molecular formula is C8H11N5O3. The van der Waals surface area contributed by atoms with E-state index in [0.29, 0.717) is 11.2 Å². The van der Waals surface area contributed by atoms with E-state index in [2.05, 4.69) is 15.0 Å². The molecule has 8 nitrogen and oxygen atoms in total. The van der Waals surface area contributed by atoms with Gasteiger partial charge in [-0.25, -0.2) is 9.78 Å². The molecule has 0 atom stereocenters. The molecule has 2 rings (SSSR count). The fraction of sp³-hybridized carbons (Fsp3) is 0.375. The van der Waals surface area contributed by atoms with Crippen LogP contribution in [0.1, 0.15) is 0 Å². The molecule has 16 heavy (non-hydrogen) atoms. The number of nitrogen functional groups attached to an aromatic ring is 1. The Hall–Kier alpha value is -1.93. The lowest BCUT2D eigenvalue weighted by Crippen LogP contribution is -2.19. The summed E-state index contributed by atoms with van der Waals surface area (Å²) in [5.41, 5.74) is 5.95. The predicted molar refractivity (Wildman–Crippen MR) is 55.6 cm³/mol. The van der Waals surface area contributed by atoms with E-state index in [4.69, 9.17) is 15.6 Å². The first-order chi connectivity index (χ1) is 7.72. The smallest absolute Gasteiger partial charge is 0.329 e. The molecule has 0 saturated carbocycles. The van der Waals surface area contributed by atoms with Crippen molar-refractivity contribution in [1.29, 1.82) is 0 Å². The Morgan fingerprint density at radius 3 is 3.19 bits per heavy atom. The molecule has 0 spiro atoms. The van der Waals surface area contributed by atoms with Gasteiger partial charge in [-0.05, 0) is 0 Å². The summed E-state index contributed by atoms with van der Waals surface area (Å²) < 4.78 is 6.33. The molecule has 0 aliphatic heterocycles. The molecule has 86 valence electrons. The van der Waals surface area contributed by atoms with Crippen molar-refractivity contribution in [2.45, 2.75) is 6.73 Å². The van der Waals surface area contributed by atoms with Crippen LogP contribution in [0.15, 0.2) is 11.0 Å². The predicted octanol–water partition coefficient (Wildman–Crippen LogP) is -1.33. The maximum Gasteiger partial charge on any atom is 0.329 e. The van der Waals surface area contributed by atoms with E-state index in [1.807, 2.05) is 0 Å². The van der Waals surface area contributed by atoms with Crippen LogP contribution in [0.3, 0.4) is 0 Å². The molecule has 0 saturated heterocycles. The molecular weight excluding hydrogens is 214 g/mol. The third kappa shape index (κ3) is 1.88. The highest BCUT2D eigenvalue weighted by Crippen LogP contribution is 2.06. The highest BCUT2D eigenvalue weighted by Gasteiger charge is 2.08. The summed E-state index contributed by atoms with van der Waals surface area (Å²) in [6.45, 7) is 0.0593. The normalized spacial score (nSPS) is 11.1. The standard InChI is InChI=1S/C8H11N5O3/c9-7-10-3-5-6(12-7)13(8(15)11-5)4-16-2-1-14/h3,14H,1-2,4H2,(H,11,15)(H2,9,10,12). The molecule has 0 aliphatic rings. The van der Waals surface area contributed by atoms with Crippen LogP contribution in [0, 0.1) is 0 Å². The number of anilines is 1. The van der Waals surface area contributed by atoms with Crippen LogP contribution in [0.5, 0.6) is 0 Å². The van der Waals surface area contributed by atoms with Crippen molar-refractivity contribution in [1.82, 2.24) is 19.5 Å². The summed E-state index contributed by atoms with van der Waals surface area (Å²) >= 11 is 0. The Morgan fingerprint density at radius 1 is 1.62 bits per heavy atom. The topological polar surface area (TPSA) is 119 Å². The van der Waals surface area contributed by atoms with Gasteiger partial charge < -0.3 is 20.6 Å². The molecule has 2 aromatic rings. The van der Waals surface area contributed by atoms with Gasteiger partial charge in [0.25, 0.3) is 0 Å². The van der Waals surface area contributed by atoms with Crippen molar-refractivity contribution in [2.24, 2.45) is 0 Å². The number of H-pyrrole nitrogens is 1. The van der Waals surface area contributed by atoms with Gasteiger partial charge in [0.15, 0.2) is 5.65 Å². The van der Waals surface area contributed by atoms with Crippen LogP contribution < -0.4 is 11.4 Å². The Bertz CT molecular complexity index is 546. The number of imidazole rings is 1. The summed E-state index contributed by atoms with van der Waals surface area (Å²) in [7, 11) is 0. The van der Waals surface area contributed by atoms with Crippen LogP contribution in [-0.4, -0.2) is 37.8 Å². The van der Waals surface area contributed by atoms with Gasteiger partial charge in [0.1, 0.15) is 12.2 Å². The average molecular weight is 225 g/mol. The van der Waals surface area contributed by atoms with Gasteiger partial charge in [-0.3, -0.25) is 4.57 Å². The number of aliphatic hydroxyl groups is 1. The van der Waals surface area contributed by atoms with Crippen molar-refractivity contribution in [2.75, 3.05) is 18.9 Å². The second-order valence-corrected chi connectivity index (χ2v) is 3.08. The number of nitrogens with one attached hydrogen (secondary N) is 1. The zero-order valence-corrected chi connectivity index (χ0v) is 8.38. The average Bonchev–Trinajstić information content (AvgIpc) is 2.56. The van der Waals surface area contributed by atoms with Crippen molar-refractivity contribution >= 4 is 17.1 Å². The van der Waals surface area contributed by atoms with Crippen LogP contribution in [0.2, 0.25) is 0 Å². The minimum absolute atomic E-state index is 0.00977. The summed E-state index contributed by atoms with van der Waals surface area (Å²) in [6, 6.07) is 0. The van der Waals surface area contributed by atoms with Crippen molar-refractivity contribution in [3.05, 3.63) is 16.7 Å². The molecule has 0 aromatic carbocycles. The summed E-state index contributed by atoms with van der Waals surface area (Å²) in [4.78, 5) is 21.8. The van der Waals surface area contributed by atoms with Crippen LogP contribution in [0.4, 0.5) is 5.95 Å². The van der Waals surface area contributed by atoms with Gasteiger partial charge >= 0.3 is 5.69 Å². The molecule has 8 heteroatoms. The fourth-order valence-electron chi connectivity index (χ4n) is 1.30. The number of aromatic nitrogens is 4. The molecule has 0 unspecified atom stereocenters. The molecule has 4 N–H and O–H groups in total. The number of fused-ring (bicyclic) bond motifs is 1. The van der Waals surface area contributed by atoms with E-state index >= 15 is 0 Å². The van der Waals surface area contributed by atoms with Crippen LogP contribution in [-0.2, 0) is 11.5 Å². The maximum absolute atomic E-state index is 11.5. The lowest BCUT2D eigenvalue weighted by atomic mass is 10.5. The highest BCUT2D eigenvalue weighted by atomic mass is 16.5. The van der Waals surface area contributed by atoms with Gasteiger partial charge in [-0.15, -0.1) is 0 Å². The molecule has 2 aromatic heterocycles. The van der Waals surface area contributed by atoms with Gasteiger partial charge in [0.05, 0.1) is 19.4 Å². The second kappa shape index (κ2) is 4.29. The number of hydrogen-bond donors (Lipinski definition) is 3. The zero-order valence-electron chi connectivity index (χ0n) is 8.38. The van der Waals surface area contributed by atoms with E-state index < -0.39 is 0 Å². The van der Waals surface area contributed by atoms with Crippen molar-refractivity contribution < 1.29 is 9.84 Å². The Balaban J connectivity index is 2.38. The monoisotopic (exact) mass is 225 g/mol. The molecule has 0 amide bonds. The molecule has 0 fully saturated rings. The van der Waals surface area contributed by atoms with Crippen molar-refractivity contribution in [3.63, 3.8) is 0 Å². The fourth-order valence-corrected chi connectivity index (χ4v) is 1.30. The van der Waals surface area contributed by atoms with E-state index in [-0.39, 0.29) is 31.6 Å². The highest BCUT2D eigenvalue weighted by molar-refractivity contribution is 5.70. The van der Waals surface area contributed by atoms with Gasteiger partial charge in [-0.1, -0.05) is 0 Å². The Morgan fingerprint density at radius 2 is 2.44 bits per heavy atom. The Kier molecular flexibility index (Phi) is 2.84. The number of nitrogens with zero attached hydrogens (tertiary/aromatic N) is 3. The van der Waals surface area contributed by atoms with Crippen LogP contribution >= 0.6 is 0 Å². The third-order valence-corrected chi connectivity index (χ3v) is 1.99. The third-order valence-electron chi connectivity index (χ3n) is 1.99. The SMILES string of the molecule is Nc1ncc2[nH]c(=O)n(COCCO)c2n1. The number of aliphatic hydroxyl groups excluding tert-OH is 1. The largest absolute Gasteiger partial charge is 0.394 e. The van der Waals surface area contributed by atoms with Gasteiger partial charge in [0.2, 0.25) is 5.95 Å². The number of aromatic amines is 1. The summed E-state index contributed by atoms with van der Waals surface area (Å²) in [6.07, 6.45) is 1.43.